The summed E-state index contributed by atoms with van der Waals surface area (Å²) in [5.74, 6) is 0.156. The molecule has 0 bridgehead atoms. The van der Waals surface area contributed by atoms with Crippen molar-refractivity contribution in [3.05, 3.63) is 64.1 Å². The molecule has 1 fully saturated rings. The highest BCUT2D eigenvalue weighted by Gasteiger charge is 2.30. The Labute approximate surface area is 259 Å². The summed E-state index contributed by atoms with van der Waals surface area (Å²) in [4.78, 5) is 39.1. The highest BCUT2D eigenvalue weighted by Crippen LogP contribution is 2.26. The minimum Gasteiger partial charge on any atom is -0.463 e. The van der Waals surface area contributed by atoms with Crippen LogP contribution >= 0.6 is 0 Å². The van der Waals surface area contributed by atoms with E-state index in [4.69, 9.17) is 15.2 Å². The number of aromatic nitrogens is 7. The first kappa shape index (κ1) is 29.9. The van der Waals surface area contributed by atoms with Crippen LogP contribution in [-0.2, 0) is 24.4 Å². The lowest BCUT2D eigenvalue weighted by atomic mass is 9.92. The van der Waals surface area contributed by atoms with E-state index >= 15 is 0 Å². The van der Waals surface area contributed by atoms with E-state index in [1.54, 1.807) is 4.68 Å². The maximum Gasteiger partial charge on any atom is 0.410 e. The number of hydrogen-bond acceptors (Lipinski definition) is 10. The summed E-state index contributed by atoms with van der Waals surface area (Å²) in [6.07, 6.45) is 4.53. The Morgan fingerprint density at radius 1 is 1.16 bits per heavy atom. The monoisotopic (exact) mass is 614 g/mol. The normalized spacial score (nSPS) is 13.2. The van der Waals surface area contributed by atoms with Crippen LogP contribution in [0, 0.1) is 0 Å². The van der Waals surface area contributed by atoms with Gasteiger partial charge in [-0.1, -0.05) is 36.8 Å². The number of fused-ring (bicyclic) bond motifs is 2. The van der Waals surface area contributed by atoms with E-state index in [1.807, 2.05) is 54.4 Å². The molecule has 0 saturated heterocycles. The minimum atomic E-state index is -0.349. The molecule has 4 N–H and O–H groups in total. The molecule has 3 aromatic heterocycles. The van der Waals surface area contributed by atoms with Gasteiger partial charge in [0, 0.05) is 25.3 Å². The molecule has 1 aliphatic rings. The molecule has 14 heteroatoms. The molecule has 0 atom stereocenters. The minimum absolute atomic E-state index is 0.141. The first-order valence-corrected chi connectivity index (χ1v) is 15.3. The number of amides is 1. The summed E-state index contributed by atoms with van der Waals surface area (Å²) in [5.41, 5.74) is 10.8. The van der Waals surface area contributed by atoms with Crippen LogP contribution < -0.4 is 21.5 Å². The summed E-state index contributed by atoms with van der Waals surface area (Å²) in [5, 5.41) is 11.8. The zero-order valence-corrected chi connectivity index (χ0v) is 25.5. The summed E-state index contributed by atoms with van der Waals surface area (Å²) >= 11 is 0. The third kappa shape index (κ3) is 6.54. The van der Waals surface area contributed by atoms with Gasteiger partial charge < -0.3 is 30.4 Å². The molecule has 236 valence electrons. The van der Waals surface area contributed by atoms with Crippen LogP contribution in [0.1, 0.15) is 50.2 Å². The van der Waals surface area contributed by atoms with E-state index in [2.05, 4.69) is 37.5 Å². The van der Waals surface area contributed by atoms with E-state index in [9.17, 15) is 9.59 Å². The van der Waals surface area contributed by atoms with Gasteiger partial charge in [-0.15, -0.1) is 5.10 Å². The van der Waals surface area contributed by atoms with Crippen LogP contribution in [-0.4, -0.2) is 71.7 Å². The smallest absolute Gasteiger partial charge is 0.410 e. The van der Waals surface area contributed by atoms with Gasteiger partial charge >= 0.3 is 17.8 Å². The largest absolute Gasteiger partial charge is 0.463 e. The van der Waals surface area contributed by atoms with Crippen molar-refractivity contribution in [2.24, 2.45) is 0 Å². The molecule has 1 saturated carbocycles. The van der Waals surface area contributed by atoms with Gasteiger partial charge in [-0.25, -0.2) is 14.3 Å². The number of unbranched alkanes of at least 4 members (excludes halogenated alkanes) is 1. The first-order valence-electron chi connectivity index (χ1n) is 15.3. The molecule has 2 aromatic carbocycles. The molecule has 1 amide bonds. The van der Waals surface area contributed by atoms with E-state index in [-0.39, 0.29) is 42.8 Å². The summed E-state index contributed by atoms with van der Waals surface area (Å²) in [6, 6.07) is 13.8. The van der Waals surface area contributed by atoms with Crippen LogP contribution in [0.3, 0.4) is 0 Å². The predicted octanol–water partition coefficient (Wildman–Crippen LogP) is 3.91. The third-order valence-electron chi connectivity index (χ3n) is 8.19. The Kier molecular flexibility index (Phi) is 8.80. The molecular formula is C31H38N10O4. The highest BCUT2D eigenvalue weighted by atomic mass is 16.6. The van der Waals surface area contributed by atoms with Gasteiger partial charge in [0.2, 0.25) is 0 Å². The number of hydrogen-bond donors (Lipinski definition) is 3. The molecule has 0 radical (unpaired) electrons. The number of carbonyl (C=O) groups excluding carboxylic acids is 1. The average Bonchev–Trinajstić information content (AvgIpc) is 3.57. The Balaban J connectivity index is 1.14. The molecular weight excluding hydrogens is 576 g/mol. The fraction of sp³-hybridized carbons (Fsp3) is 0.419. The maximum absolute atomic E-state index is 13.1. The Hall–Kier alpha value is -5.14. The lowest BCUT2D eigenvalue weighted by molar-refractivity contribution is 0.0601. The van der Waals surface area contributed by atoms with Gasteiger partial charge in [0.15, 0.2) is 11.5 Å². The van der Waals surface area contributed by atoms with Crippen LogP contribution in [0.15, 0.2) is 47.3 Å². The number of nitrogens with one attached hydrogen (secondary N) is 2. The second-order valence-corrected chi connectivity index (χ2v) is 11.2. The van der Waals surface area contributed by atoms with Gasteiger partial charge in [-0.2, -0.15) is 9.97 Å². The number of imidazole rings is 1. The Bertz CT molecular complexity index is 1840. The van der Waals surface area contributed by atoms with Crippen molar-refractivity contribution in [1.82, 2.24) is 39.4 Å². The molecule has 0 unspecified atom stereocenters. The van der Waals surface area contributed by atoms with Crippen molar-refractivity contribution in [1.29, 1.82) is 0 Å². The van der Waals surface area contributed by atoms with Crippen molar-refractivity contribution >= 4 is 39.8 Å². The highest BCUT2D eigenvalue weighted by molar-refractivity contribution is 5.82. The molecule has 6 rings (SSSR count). The second kappa shape index (κ2) is 13.2. The summed E-state index contributed by atoms with van der Waals surface area (Å²) < 4.78 is 14.6. The number of rotatable bonds is 13. The molecule has 3 heterocycles. The van der Waals surface area contributed by atoms with Gasteiger partial charge in [0.05, 0.1) is 25.2 Å². The van der Waals surface area contributed by atoms with E-state index in [0.717, 1.165) is 54.4 Å². The number of nitrogens with zero attached hydrogens (tertiary/aromatic N) is 7. The van der Waals surface area contributed by atoms with E-state index in [1.165, 1.54) is 4.57 Å². The van der Waals surface area contributed by atoms with Gasteiger partial charge in [0.1, 0.15) is 17.6 Å². The lowest BCUT2D eigenvalue weighted by Gasteiger charge is -2.36. The zero-order chi connectivity index (χ0) is 31.3. The molecule has 5 aromatic rings. The third-order valence-corrected chi connectivity index (χ3v) is 8.19. The van der Waals surface area contributed by atoms with Crippen molar-refractivity contribution in [2.75, 3.05) is 31.2 Å². The molecule has 45 heavy (non-hydrogen) atoms. The molecule has 0 spiro atoms. The number of benzene rings is 2. The van der Waals surface area contributed by atoms with Crippen molar-refractivity contribution < 1.29 is 14.3 Å². The molecule has 1 aliphatic carbocycles. The van der Waals surface area contributed by atoms with Crippen LogP contribution in [0.4, 0.5) is 16.3 Å². The van der Waals surface area contributed by atoms with Gasteiger partial charge in [-0.3, -0.25) is 4.57 Å². The maximum atomic E-state index is 13.1. The van der Waals surface area contributed by atoms with E-state index < -0.39 is 0 Å². The summed E-state index contributed by atoms with van der Waals surface area (Å²) in [7, 11) is 1.86. The topological polar surface area (TPSA) is 171 Å². The van der Waals surface area contributed by atoms with Crippen LogP contribution in [0.2, 0.25) is 0 Å². The lowest BCUT2D eigenvalue weighted by Crippen LogP contribution is -2.46. The van der Waals surface area contributed by atoms with Crippen molar-refractivity contribution in [3.8, 4) is 6.01 Å². The second-order valence-electron chi connectivity index (χ2n) is 11.2. The number of nitrogens with two attached hydrogens (primary N) is 1. The van der Waals surface area contributed by atoms with Gasteiger partial charge in [0.25, 0.3) is 0 Å². The van der Waals surface area contributed by atoms with Crippen LogP contribution in [0.5, 0.6) is 6.01 Å². The number of carbonyl (C=O) groups is 1. The van der Waals surface area contributed by atoms with Crippen molar-refractivity contribution in [2.45, 2.75) is 64.8 Å². The number of ether oxygens (including phenoxy) is 2. The first-order chi connectivity index (χ1) is 21.9. The quantitative estimate of drug-likeness (QED) is 0.165. The molecule has 0 aliphatic heterocycles. The van der Waals surface area contributed by atoms with E-state index in [0.29, 0.717) is 36.4 Å². The number of anilines is 2. The number of aromatic amines is 1. The zero-order valence-electron chi connectivity index (χ0n) is 25.5. The predicted molar refractivity (Wildman–Crippen MR) is 170 cm³/mol. The average molecular weight is 615 g/mol. The molecule has 14 nitrogen and oxygen atoms in total. The Morgan fingerprint density at radius 2 is 1.96 bits per heavy atom. The standard InChI is InChI=1S/C31H38N10O4/c1-3-4-16-44-29-35-27(32)26-28(36-29)40(30(42)34-26)18-21-10-13-25-24(17-21)37-38-41(25)15-14-39(23-6-5-7-23)31(43)45-19-20-8-11-22(33-2)12-9-20/h8-13,17,23,33H,3-7,14-16,18-19H2,1-2H3,(H,34,42)(H2,32,35,36). The van der Waals surface area contributed by atoms with Crippen molar-refractivity contribution in [3.63, 3.8) is 0 Å². The fourth-order valence-electron chi connectivity index (χ4n) is 5.33. The number of nitrogen functional groups attached to an aromatic ring is 1. The fourth-order valence-corrected chi connectivity index (χ4v) is 5.33. The Morgan fingerprint density at radius 3 is 2.69 bits per heavy atom. The van der Waals surface area contributed by atoms with Crippen LogP contribution in [0.25, 0.3) is 22.2 Å². The van der Waals surface area contributed by atoms with Gasteiger partial charge in [-0.05, 0) is 61.1 Å². The SMILES string of the molecule is CCCCOc1nc(N)c2[nH]c(=O)n(Cc3ccc4c(c3)nnn4CCN(C(=O)OCc3ccc(NC)cc3)C3CCC3)c2n1. The number of H-pyrrole nitrogens is 1. The summed E-state index contributed by atoms with van der Waals surface area (Å²) in [6.45, 7) is 3.91.